The van der Waals surface area contributed by atoms with Crippen LogP contribution in [0.5, 0.6) is 5.75 Å². The summed E-state index contributed by atoms with van der Waals surface area (Å²) in [5.74, 6) is -0.0137. The van der Waals surface area contributed by atoms with Crippen LogP contribution in [0.3, 0.4) is 0 Å². The van der Waals surface area contributed by atoms with Gasteiger partial charge in [-0.15, -0.1) is 0 Å². The molecule has 25 heavy (non-hydrogen) atoms. The van der Waals surface area contributed by atoms with Crippen LogP contribution in [0.1, 0.15) is 12.5 Å². The number of hydrogen-bond donors (Lipinski definition) is 1. The molecular weight excluding hydrogens is 357 g/mol. The van der Waals surface area contributed by atoms with Gasteiger partial charge in [0.05, 0.1) is 10.7 Å². The molecule has 0 aliphatic carbocycles. The average molecular weight is 378 g/mol. The molecule has 1 fully saturated rings. The molecule has 2 aromatic carbocycles. The number of piperazine rings is 1. The highest BCUT2D eigenvalue weighted by Gasteiger charge is 2.15. The normalized spacial score (nSPS) is 15.9. The van der Waals surface area contributed by atoms with E-state index < -0.39 is 0 Å². The summed E-state index contributed by atoms with van der Waals surface area (Å²) in [5, 5.41) is 10.6. The number of rotatable bonds is 4. The Hall–Kier alpha value is -1.75. The van der Waals surface area contributed by atoms with Crippen molar-refractivity contribution in [2.75, 3.05) is 37.6 Å². The molecule has 132 valence electrons. The molecule has 0 spiro atoms. The number of nitrogens with zero attached hydrogens (tertiary/aromatic N) is 3. The Bertz CT molecular complexity index is 754. The number of phenolic OH excluding ortho intramolecular Hbond substituents is 1. The van der Waals surface area contributed by atoms with Crippen molar-refractivity contribution in [1.29, 1.82) is 0 Å². The minimum Gasteiger partial charge on any atom is -0.506 e. The van der Waals surface area contributed by atoms with Crippen LogP contribution in [-0.4, -0.2) is 48.9 Å². The van der Waals surface area contributed by atoms with E-state index in [0.29, 0.717) is 10.6 Å². The van der Waals surface area contributed by atoms with E-state index in [-0.39, 0.29) is 10.8 Å². The molecule has 3 rings (SSSR count). The van der Waals surface area contributed by atoms with Gasteiger partial charge in [0.2, 0.25) is 0 Å². The van der Waals surface area contributed by atoms with Crippen molar-refractivity contribution in [3.05, 3.63) is 52.0 Å². The number of phenols is 1. The molecular formula is C19H21Cl2N3O. The first-order valence-electron chi connectivity index (χ1n) is 8.36. The first-order chi connectivity index (χ1) is 12.1. The fourth-order valence-corrected chi connectivity index (χ4v) is 3.41. The molecule has 0 radical (unpaired) electrons. The molecule has 1 aliphatic rings. The molecule has 1 heterocycles. The Labute approximate surface area is 158 Å². The molecule has 1 saturated heterocycles. The van der Waals surface area contributed by atoms with Crippen LogP contribution in [0.2, 0.25) is 10.0 Å². The van der Waals surface area contributed by atoms with E-state index in [1.54, 1.807) is 12.3 Å². The van der Waals surface area contributed by atoms with Gasteiger partial charge in [0.1, 0.15) is 5.75 Å². The number of anilines is 1. The summed E-state index contributed by atoms with van der Waals surface area (Å²) in [4.78, 5) is 9.25. The van der Waals surface area contributed by atoms with Gasteiger partial charge in [-0.05, 0) is 42.9 Å². The fourth-order valence-electron chi connectivity index (χ4n) is 2.90. The van der Waals surface area contributed by atoms with E-state index in [4.69, 9.17) is 23.2 Å². The van der Waals surface area contributed by atoms with Crippen molar-refractivity contribution in [2.24, 2.45) is 4.99 Å². The van der Waals surface area contributed by atoms with E-state index in [0.717, 1.165) is 38.4 Å². The van der Waals surface area contributed by atoms with Gasteiger partial charge in [-0.25, -0.2) is 0 Å². The quantitative estimate of drug-likeness (QED) is 0.791. The van der Waals surface area contributed by atoms with Crippen LogP contribution in [0.25, 0.3) is 0 Å². The molecule has 0 bridgehead atoms. The van der Waals surface area contributed by atoms with Gasteiger partial charge in [0.25, 0.3) is 0 Å². The van der Waals surface area contributed by atoms with Crippen LogP contribution in [-0.2, 0) is 0 Å². The lowest BCUT2D eigenvalue weighted by Crippen LogP contribution is -2.46. The highest BCUT2D eigenvalue weighted by Crippen LogP contribution is 2.30. The summed E-state index contributed by atoms with van der Waals surface area (Å²) in [5.41, 5.74) is 2.52. The first kappa shape index (κ1) is 18.1. The molecule has 6 heteroatoms. The summed E-state index contributed by atoms with van der Waals surface area (Å²) in [7, 11) is 0. The number of halogens is 2. The second kappa shape index (κ2) is 8.09. The lowest BCUT2D eigenvalue weighted by Gasteiger charge is -2.35. The summed E-state index contributed by atoms with van der Waals surface area (Å²) < 4.78 is 0. The minimum atomic E-state index is -0.0137. The van der Waals surface area contributed by atoms with Crippen LogP contribution in [0.15, 0.2) is 41.4 Å². The average Bonchev–Trinajstić information content (AvgIpc) is 2.64. The van der Waals surface area contributed by atoms with E-state index in [9.17, 15) is 5.11 Å². The third-order valence-corrected chi connectivity index (χ3v) is 4.95. The van der Waals surface area contributed by atoms with E-state index in [2.05, 4.69) is 33.8 Å². The SMILES string of the molecule is CCN1CCN(c2ccc(N=Cc3cc(Cl)cc(Cl)c3O)cc2)CC1. The van der Waals surface area contributed by atoms with Gasteiger partial charge in [0.15, 0.2) is 0 Å². The van der Waals surface area contributed by atoms with Crippen molar-refractivity contribution < 1.29 is 5.11 Å². The number of aliphatic imine (C=N–C) groups is 1. The fraction of sp³-hybridized carbons (Fsp3) is 0.316. The number of hydrogen-bond acceptors (Lipinski definition) is 4. The van der Waals surface area contributed by atoms with Crippen LogP contribution in [0.4, 0.5) is 11.4 Å². The standard InChI is InChI=1S/C19H21Cl2N3O/c1-2-23-7-9-24(10-8-23)17-5-3-16(4-6-17)22-13-14-11-15(20)12-18(21)19(14)25/h3-6,11-13,25H,2,7-10H2,1H3. The van der Waals surface area contributed by atoms with Crippen LogP contribution >= 0.6 is 23.2 Å². The minimum absolute atomic E-state index is 0.0137. The molecule has 1 N–H and O–H groups in total. The number of aromatic hydroxyl groups is 1. The topological polar surface area (TPSA) is 39.1 Å². The van der Waals surface area contributed by atoms with Gasteiger partial charge < -0.3 is 14.9 Å². The molecule has 0 saturated carbocycles. The van der Waals surface area contributed by atoms with Crippen LogP contribution < -0.4 is 4.90 Å². The van der Waals surface area contributed by atoms with Gasteiger partial charge in [0, 0.05) is 48.7 Å². The summed E-state index contributed by atoms with van der Waals surface area (Å²) in [6.45, 7) is 7.61. The van der Waals surface area contributed by atoms with Gasteiger partial charge in [-0.3, -0.25) is 4.99 Å². The zero-order valence-electron chi connectivity index (χ0n) is 14.1. The molecule has 2 aromatic rings. The zero-order valence-corrected chi connectivity index (χ0v) is 15.6. The van der Waals surface area contributed by atoms with Gasteiger partial charge in [-0.2, -0.15) is 0 Å². The maximum absolute atomic E-state index is 9.96. The van der Waals surface area contributed by atoms with E-state index in [1.165, 1.54) is 11.8 Å². The number of likely N-dealkylation sites (N-methyl/N-ethyl adjacent to an activating group) is 1. The highest BCUT2D eigenvalue weighted by atomic mass is 35.5. The predicted molar refractivity (Wildman–Crippen MR) is 106 cm³/mol. The molecule has 0 atom stereocenters. The smallest absolute Gasteiger partial charge is 0.143 e. The summed E-state index contributed by atoms with van der Waals surface area (Å²) >= 11 is 11.9. The molecule has 0 unspecified atom stereocenters. The number of benzene rings is 2. The van der Waals surface area contributed by atoms with Crippen molar-refractivity contribution >= 4 is 40.8 Å². The lowest BCUT2D eigenvalue weighted by atomic mass is 10.2. The third-order valence-electron chi connectivity index (χ3n) is 4.44. The molecule has 1 aliphatic heterocycles. The van der Waals surface area contributed by atoms with Crippen molar-refractivity contribution in [3.63, 3.8) is 0 Å². The lowest BCUT2D eigenvalue weighted by molar-refractivity contribution is 0.271. The van der Waals surface area contributed by atoms with E-state index in [1.807, 2.05) is 12.1 Å². The summed E-state index contributed by atoms with van der Waals surface area (Å²) in [6, 6.07) is 11.2. The maximum Gasteiger partial charge on any atom is 0.143 e. The van der Waals surface area contributed by atoms with Crippen molar-refractivity contribution in [3.8, 4) is 5.75 Å². The first-order valence-corrected chi connectivity index (χ1v) is 9.12. The van der Waals surface area contributed by atoms with E-state index >= 15 is 0 Å². The summed E-state index contributed by atoms with van der Waals surface area (Å²) in [6.07, 6.45) is 1.57. The van der Waals surface area contributed by atoms with Gasteiger partial charge in [-0.1, -0.05) is 30.1 Å². The van der Waals surface area contributed by atoms with Crippen molar-refractivity contribution in [2.45, 2.75) is 6.92 Å². The largest absolute Gasteiger partial charge is 0.506 e. The van der Waals surface area contributed by atoms with Gasteiger partial charge >= 0.3 is 0 Å². The molecule has 0 amide bonds. The highest BCUT2D eigenvalue weighted by molar-refractivity contribution is 6.36. The molecule has 4 nitrogen and oxygen atoms in total. The second-order valence-corrected chi connectivity index (χ2v) is 6.86. The Morgan fingerprint density at radius 1 is 1.08 bits per heavy atom. The zero-order chi connectivity index (χ0) is 17.8. The monoisotopic (exact) mass is 377 g/mol. The Kier molecular flexibility index (Phi) is 5.84. The van der Waals surface area contributed by atoms with Crippen molar-refractivity contribution in [1.82, 2.24) is 4.90 Å². The Balaban J connectivity index is 1.69. The van der Waals surface area contributed by atoms with Crippen LogP contribution in [0, 0.1) is 0 Å². The Morgan fingerprint density at radius 2 is 1.76 bits per heavy atom. The maximum atomic E-state index is 9.96. The third kappa shape index (κ3) is 4.46. The predicted octanol–water partition coefficient (Wildman–Crippen LogP) is 4.59. The Morgan fingerprint density at radius 3 is 2.40 bits per heavy atom. The molecule has 0 aromatic heterocycles. The second-order valence-electron chi connectivity index (χ2n) is 6.02.